The topological polar surface area (TPSA) is 89.9 Å². The van der Waals surface area contributed by atoms with Gasteiger partial charge >= 0.3 is 11.9 Å². The number of carboxylic acids is 1. The van der Waals surface area contributed by atoms with E-state index in [1.807, 2.05) is 57.2 Å². The van der Waals surface area contributed by atoms with Crippen LogP contribution in [-0.2, 0) is 11.2 Å². The molecule has 0 radical (unpaired) electrons. The third-order valence-electron chi connectivity index (χ3n) is 5.42. The minimum absolute atomic E-state index is 0.0815. The summed E-state index contributed by atoms with van der Waals surface area (Å²) in [5.41, 5.74) is 3.59. The van der Waals surface area contributed by atoms with E-state index in [0.717, 1.165) is 23.1 Å². The van der Waals surface area contributed by atoms with Gasteiger partial charge in [0.15, 0.2) is 5.78 Å². The maximum atomic E-state index is 12.6. The van der Waals surface area contributed by atoms with E-state index in [-0.39, 0.29) is 23.1 Å². The number of benzene rings is 3. The zero-order chi connectivity index (χ0) is 25.6. The lowest BCUT2D eigenvalue weighted by Crippen LogP contribution is -2.23. The highest BCUT2D eigenvalue weighted by Crippen LogP contribution is 2.24. The van der Waals surface area contributed by atoms with Crippen LogP contribution in [0.3, 0.4) is 0 Å². The van der Waals surface area contributed by atoms with Gasteiger partial charge in [0.2, 0.25) is 0 Å². The van der Waals surface area contributed by atoms with Crippen LogP contribution in [-0.4, -0.2) is 35.5 Å². The van der Waals surface area contributed by atoms with E-state index in [1.54, 1.807) is 12.1 Å². The molecule has 0 aliphatic carbocycles. The number of Topliss-reactive ketones (excluding diaryl/α,β-unsaturated/α-hetero) is 1. The van der Waals surface area contributed by atoms with Gasteiger partial charge in [-0.2, -0.15) is 0 Å². The Balaban J connectivity index is 1.57. The van der Waals surface area contributed by atoms with E-state index >= 15 is 0 Å². The minimum Gasteiger partial charge on any atom is -0.496 e. The predicted molar refractivity (Wildman–Crippen MR) is 134 cm³/mol. The molecule has 3 aromatic rings. The van der Waals surface area contributed by atoms with Crippen LogP contribution in [0.15, 0.2) is 66.7 Å². The molecule has 0 heterocycles. The van der Waals surface area contributed by atoms with Crippen molar-refractivity contribution in [2.75, 3.05) is 7.11 Å². The van der Waals surface area contributed by atoms with Gasteiger partial charge in [-0.1, -0.05) is 36.4 Å². The summed E-state index contributed by atoms with van der Waals surface area (Å²) in [6.45, 7) is 5.52. The van der Waals surface area contributed by atoms with Crippen LogP contribution in [0.1, 0.15) is 70.3 Å². The lowest BCUT2D eigenvalue weighted by molar-refractivity contribution is 0.00692. The highest BCUT2D eigenvalue weighted by Gasteiger charge is 2.18. The van der Waals surface area contributed by atoms with Gasteiger partial charge in [-0.25, -0.2) is 9.59 Å². The first kappa shape index (κ1) is 25.7. The van der Waals surface area contributed by atoms with E-state index in [0.29, 0.717) is 24.0 Å². The summed E-state index contributed by atoms with van der Waals surface area (Å²) in [5, 5.41) is 9.11. The largest absolute Gasteiger partial charge is 0.496 e. The number of hydrogen-bond donors (Lipinski definition) is 1. The van der Waals surface area contributed by atoms with Crippen LogP contribution in [0.5, 0.6) is 5.75 Å². The number of aryl methyl sites for hydroxylation is 1. The lowest BCUT2D eigenvalue weighted by Gasteiger charge is -2.19. The second kappa shape index (κ2) is 11.0. The predicted octanol–water partition coefficient (Wildman–Crippen LogP) is 6.22. The number of ketones is 1. The second-order valence-corrected chi connectivity index (χ2v) is 9.27. The third kappa shape index (κ3) is 7.03. The minimum atomic E-state index is -1.07. The molecule has 0 amide bonds. The molecule has 6 nitrogen and oxygen atoms in total. The molecule has 0 saturated carbocycles. The van der Waals surface area contributed by atoms with Gasteiger partial charge in [0.1, 0.15) is 11.4 Å². The number of carbonyl (C=O) groups excluding carboxylic acids is 2. The quantitative estimate of drug-likeness (QED) is 0.292. The number of aromatic carboxylic acids is 1. The Morgan fingerprint density at radius 1 is 0.829 bits per heavy atom. The second-order valence-electron chi connectivity index (χ2n) is 9.27. The Morgan fingerprint density at radius 2 is 1.40 bits per heavy atom. The van der Waals surface area contributed by atoms with Crippen molar-refractivity contribution in [3.05, 3.63) is 89.0 Å². The number of methoxy groups -OCH3 is 1. The fourth-order valence-electron chi connectivity index (χ4n) is 3.64. The van der Waals surface area contributed by atoms with Crippen molar-refractivity contribution >= 4 is 17.7 Å². The van der Waals surface area contributed by atoms with E-state index in [2.05, 4.69) is 0 Å². The van der Waals surface area contributed by atoms with E-state index in [4.69, 9.17) is 14.6 Å². The Kier molecular flexibility index (Phi) is 8.07. The molecular weight excluding hydrogens is 444 g/mol. The average Bonchev–Trinajstić information content (AvgIpc) is 2.83. The number of rotatable bonds is 9. The van der Waals surface area contributed by atoms with Gasteiger partial charge in [0.05, 0.1) is 23.8 Å². The monoisotopic (exact) mass is 474 g/mol. The van der Waals surface area contributed by atoms with Crippen molar-refractivity contribution in [1.82, 2.24) is 0 Å². The zero-order valence-corrected chi connectivity index (χ0v) is 20.5. The molecule has 182 valence electrons. The molecule has 0 spiro atoms. The molecule has 0 saturated heterocycles. The van der Waals surface area contributed by atoms with E-state index in [1.165, 1.54) is 25.3 Å². The van der Waals surface area contributed by atoms with Crippen LogP contribution in [0.4, 0.5) is 0 Å². The summed E-state index contributed by atoms with van der Waals surface area (Å²) < 4.78 is 10.6. The molecule has 35 heavy (non-hydrogen) atoms. The van der Waals surface area contributed by atoms with E-state index in [9.17, 15) is 14.4 Å². The van der Waals surface area contributed by atoms with Gasteiger partial charge in [0.25, 0.3) is 0 Å². The van der Waals surface area contributed by atoms with Crippen molar-refractivity contribution < 1.29 is 29.0 Å². The Bertz CT molecular complexity index is 1200. The summed E-state index contributed by atoms with van der Waals surface area (Å²) >= 11 is 0. The van der Waals surface area contributed by atoms with Crippen LogP contribution in [0.2, 0.25) is 0 Å². The number of carbonyl (C=O) groups is 3. The molecule has 3 aromatic carbocycles. The standard InChI is InChI=1S/C29H30O6/c1-29(2,3)35-28(33)22-14-12-21(13-15-22)20-10-8-19(9-11-20)6-5-7-25(30)24-17-16-23(27(31)32)18-26(24)34-4/h8-18H,5-7H2,1-4H3,(H,31,32). The first-order valence-electron chi connectivity index (χ1n) is 11.4. The number of carboxylic acid groups (broad SMARTS) is 1. The molecular formula is C29H30O6. The molecule has 0 aromatic heterocycles. The Labute approximate surface area is 205 Å². The zero-order valence-electron chi connectivity index (χ0n) is 20.5. The normalized spacial score (nSPS) is 11.1. The average molecular weight is 475 g/mol. The van der Waals surface area contributed by atoms with Gasteiger partial charge in [0, 0.05) is 6.42 Å². The molecule has 3 rings (SSSR count). The van der Waals surface area contributed by atoms with Crippen molar-refractivity contribution in [2.45, 2.75) is 45.6 Å². The maximum absolute atomic E-state index is 12.6. The molecule has 0 fully saturated rings. The SMILES string of the molecule is COc1cc(C(=O)O)ccc1C(=O)CCCc1ccc(-c2ccc(C(=O)OC(C)(C)C)cc2)cc1. The summed E-state index contributed by atoms with van der Waals surface area (Å²) in [6.07, 6.45) is 1.72. The Morgan fingerprint density at radius 3 is 1.94 bits per heavy atom. The molecule has 6 heteroatoms. The fourth-order valence-corrected chi connectivity index (χ4v) is 3.64. The number of ether oxygens (including phenoxy) is 2. The van der Waals surface area contributed by atoms with Gasteiger partial charge < -0.3 is 14.6 Å². The van der Waals surface area contributed by atoms with Crippen molar-refractivity contribution in [3.63, 3.8) is 0 Å². The van der Waals surface area contributed by atoms with Crippen LogP contribution in [0, 0.1) is 0 Å². The van der Waals surface area contributed by atoms with Crippen LogP contribution >= 0.6 is 0 Å². The highest BCUT2D eigenvalue weighted by molar-refractivity contribution is 6.00. The van der Waals surface area contributed by atoms with Gasteiger partial charge in [-0.05, 0) is 80.6 Å². The fraction of sp³-hybridized carbons (Fsp3) is 0.276. The van der Waals surface area contributed by atoms with Gasteiger partial charge in [-0.15, -0.1) is 0 Å². The lowest BCUT2D eigenvalue weighted by atomic mass is 9.98. The number of esters is 1. The third-order valence-corrected chi connectivity index (χ3v) is 5.42. The maximum Gasteiger partial charge on any atom is 0.338 e. The van der Waals surface area contributed by atoms with Crippen LogP contribution in [0.25, 0.3) is 11.1 Å². The molecule has 0 aliphatic heterocycles. The molecule has 0 unspecified atom stereocenters. The first-order valence-corrected chi connectivity index (χ1v) is 11.4. The number of hydrogen-bond acceptors (Lipinski definition) is 5. The van der Waals surface area contributed by atoms with E-state index < -0.39 is 11.6 Å². The summed E-state index contributed by atoms with van der Waals surface area (Å²) in [4.78, 5) is 35.9. The van der Waals surface area contributed by atoms with Crippen molar-refractivity contribution in [3.8, 4) is 16.9 Å². The molecule has 0 atom stereocenters. The molecule has 0 bridgehead atoms. The molecule has 1 N–H and O–H groups in total. The van der Waals surface area contributed by atoms with Crippen LogP contribution < -0.4 is 4.74 Å². The molecule has 0 aliphatic rings. The van der Waals surface area contributed by atoms with Crippen molar-refractivity contribution in [2.24, 2.45) is 0 Å². The summed E-state index contributed by atoms with van der Waals surface area (Å²) in [5.74, 6) is -1.22. The Hall–Kier alpha value is -3.93. The highest BCUT2D eigenvalue weighted by atomic mass is 16.6. The smallest absolute Gasteiger partial charge is 0.338 e. The summed E-state index contributed by atoms with van der Waals surface area (Å²) in [7, 11) is 1.42. The van der Waals surface area contributed by atoms with Gasteiger partial charge in [-0.3, -0.25) is 4.79 Å². The summed E-state index contributed by atoms with van der Waals surface area (Å²) in [6, 6.07) is 19.7. The first-order chi connectivity index (χ1) is 16.6. The van der Waals surface area contributed by atoms with Crippen molar-refractivity contribution in [1.29, 1.82) is 0 Å².